The molecule has 0 aromatic heterocycles. The van der Waals surface area contributed by atoms with Gasteiger partial charge >= 0.3 is 0 Å². The average Bonchev–Trinajstić information content (AvgIpc) is 3.56. The Bertz CT molecular complexity index is 2000. The van der Waals surface area contributed by atoms with Crippen molar-refractivity contribution in [3.05, 3.63) is 138 Å². The van der Waals surface area contributed by atoms with Crippen LogP contribution in [0.15, 0.2) is 120 Å². The zero-order valence-corrected chi connectivity index (χ0v) is 29.8. The summed E-state index contributed by atoms with van der Waals surface area (Å²) < 4.78 is 39.3. The molecule has 8 nitrogen and oxygen atoms in total. The van der Waals surface area contributed by atoms with Gasteiger partial charge in [-0.05, 0) is 85.6 Å². The topological polar surface area (TPSA) is 131 Å². The molecule has 0 fully saturated rings. The third kappa shape index (κ3) is 7.42. The van der Waals surface area contributed by atoms with Crippen LogP contribution in [0.1, 0.15) is 65.6 Å². The first-order valence-corrected chi connectivity index (χ1v) is 17.0. The normalized spacial score (nSPS) is 15.1. The number of para-hydroxylation sites is 1. The van der Waals surface area contributed by atoms with E-state index in [1.165, 1.54) is 24.1 Å². The van der Waals surface area contributed by atoms with Gasteiger partial charge in [0.25, 0.3) is 10.1 Å². The Balaban J connectivity index is 0.00000451. The number of fused-ring (bicyclic) bond motifs is 1. The molecule has 241 valence electrons. The van der Waals surface area contributed by atoms with Gasteiger partial charge in [0.1, 0.15) is 5.76 Å². The molecule has 0 saturated heterocycles. The predicted molar refractivity (Wildman–Crippen MR) is 189 cm³/mol. The number of hydrogen-bond donors (Lipinski definition) is 2. The van der Waals surface area contributed by atoms with Crippen molar-refractivity contribution in [2.24, 2.45) is 5.73 Å². The number of nitrogens with zero attached hydrogens (tertiary/aromatic N) is 1. The number of rotatable bonds is 10. The molecule has 48 heavy (non-hydrogen) atoms. The molecule has 3 N–H and O–H groups in total. The van der Waals surface area contributed by atoms with E-state index in [0.717, 1.165) is 48.4 Å². The monoisotopic (exact) mass is 671 g/mol. The number of ketones is 1. The second-order valence-corrected chi connectivity index (χ2v) is 13.9. The molecule has 1 aliphatic heterocycles. The maximum atomic E-state index is 14.8. The molecule has 0 spiro atoms. The van der Waals surface area contributed by atoms with E-state index in [9.17, 15) is 22.6 Å². The van der Waals surface area contributed by atoms with Crippen LogP contribution in [-0.2, 0) is 21.3 Å². The van der Waals surface area contributed by atoms with Crippen LogP contribution in [0.3, 0.4) is 0 Å². The Morgan fingerprint density at radius 3 is 2.21 bits per heavy atom. The molecule has 0 saturated carbocycles. The molecule has 6 rings (SSSR count). The fraction of sp³-hybridized carbons (Fsp3) is 0.211. The Kier molecular flexibility index (Phi) is 10.9. The quantitative estimate of drug-likeness (QED) is 0.0899. The number of anilines is 2. The van der Waals surface area contributed by atoms with E-state index in [-0.39, 0.29) is 47.4 Å². The minimum Gasteiger partial charge on any atom is -0.440 e. The Hall–Kier alpha value is -3.83. The van der Waals surface area contributed by atoms with E-state index in [0.29, 0.717) is 17.3 Å². The van der Waals surface area contributed by atoms with Gasteiger partial charge in [0.05, 0.1) is 11.6 Å². The predicted octanol–water partition coefficient (Wildman–Crippen LogP) is 7.40. The first kappa shape index (κ1) is 35.5. The second kappa shape index (κ2) is 14.7. The molecule has 1 heterocycles. The van der Waals surface area contributed by atoms with Crippen LogP contribution in [0.2, 0.25) is 0 Å². The summed E-state index contributed by atoms with van der Waals surface area (Å²) in [6.45, 7) is 0.955. The average molecular weight is 672 g/mol. The van der Waals surface area contributed by atoms with Crippen molar-refractivity contribution >= 4 is 68.5 Å². The number of amides is 1. The standard InChI is InChI=1S/C38H36N2O6S.Na/c1-38(39,47(43,44)45)36(41)31-17-15-26(16-18-31)25-33(29-21-19-28(20-22-29)27-9-4-2-5-10-27)37(42)40(32-12-6-3-7-13-32)35-24-23-30-11-8-14-34(30)46-35;/h3,6-9,11-24,33H,2,4-5,10,25,39H2,1H3,(H,43,44,45);. The minimum atomic E-state index is -4.85. The maximum Gasteiger partial charge on any atom is 0.291 e. The van der Waals surface area contributed by atoms with Crippen LogP contribution < -0.4 is 10.6 Å². The van der Waals surface area contributed by atoms with Crippen molar-refractivity contribution in [3.63, 3.8) is 0 Å². The Morgan fingerprint density at radius 1 is 0.875 bits per heavy atom. The fourth-order valence-electron chi connectivity index (χ4n) is 5.98. The molecular weight excluding hydrogens is 635 g/mol. The third-order valence-electron chi connectivity index (χ3n) is 8.80. The molecule has 2 aliphatic carbocycles. The van der Waals surface area contributed by atoms with Crippen LogP contribution >= 0.6 is 0 Å². The summed E-state index contributed by atoms with van der Waals surface area (Å²) in [6.07, 6.45) is 7.00. The van der Waals surface area contributed by atoms with E-state index >= 15 is 0 Å². The van der Waals surface area contributed by atoms with E-state index in [1.54, 1.807) is 23.1 Å². The van der Waals surface area contributed by atoms with Gasteiger partial charge in [0.2, 0.25) is 16.7 Å². The fourth-order valence-corrected chi connectivity index (χ4v) is 6.33. The van der Waals surface area contributed by atoms with Crippen LogP contribution in [0.25, 0.3) is 16.9 Å². The molecule has 1 amide bonds. The summed E-state index contributed by atoms with van der Waals surface area (Å²) in [5.41, 5.74) is 11.3. The number of hydrogen-bond acceptors (Lipinski definition) is 6. The van der Waals surface area contributed by atoms with Gasteiger partial charge in [-0.1, -0.05) is 84.9 Å². The van der Waals surface area contributed by atoms with E-state index in [4.69, 9.17) is 10.2 Å². The number of benzene rings is 3. The summed E-state index contributed by atoms with van der Waals surface area (Å²) in [6, 6.07) is 33.2. The molecule has 2 atom stereocenters. The number of carbonyl (C=O) groups is 2. The van der Waals surface area contributed by atoms with Crippen LogP contribution in [0, 0.1) is 0 Å². The molecule has 10 heteroatoms. The molecule has 2 unspecified atom stereocenters. The largest absolute Gasteiger partial charge is 0.440 e. The molecule has 3 aliphatic rings. The van der Waals surface area contributed by atoms with Crippen LogP contribution in [-0.4, -0.2) is 59.1 Å². The van der Waals surface area contributed by atoms with Gasteiger partial charge in [-0.15, -0.1) is 0 Å². The van der Waals surface area contributed by atoms with Gasteiger partial charge in [-0.3, -0.25) is 19.0 Å². The zero-order valence-electron chi connectivity index (χ0n) is 27.0. The van der Waals surface area contributed by atoms with Crippen molar-refractivity contribution in [2.45, 2.75) is 49.8 Å². The smallest absolute Gasteiger partial charge is 0.291 e. The molecule has 3 aromatic carbocycles. The van der Waals surface area contributed by atoms with Crippen molar-refractivity contribution in [1.82, 2.24) is 0 Å². The Morgan fingerprint density at radius 2 is 1.56 bits per heavy atom. The second-order valence-electron chi connectivity index (χ2n) is 12.1. The maximum absolute atomic E-state index is 14.8. The van der Waals surface area contributed by atoms with E-state index < -0.39 is 26.7 Å². The van der Waals surface area contributed by atoms with Crippen molar-refractivity contribution in [1.29, 1.82) is 0 Å². The summed E-state index contributed by atoms with van der Waals surface area (Å²) in [5, 5.41) is 0. The Labute approximate surface area is 303 Å². The van der Waals surface area contributed by atoms with Gasteiger partial charge in [-0.2, -0.15) is 8.42 Å². The minimum absolute atomic E-state index is 0. The van der Waals surface area contributed by atoms with Gasteiger partial charge in [0.15, 0.2) is 5.78 Å². The van der Waals surface area contributed by atoms with E-state index in [2.05, 4.69) is 18.2 Å². The van der Waals surface area contributed by atoms with Gasteiger partial charge in [-0.25, -0.2) is 0 Å². The summed E-state index contributed by atoms with van der Waals surface area (Å²) in [4.78, 5) is 26.8. The first-order valence-electron chi connectivity index (χ1n) is 15.6. The number of allylic oxidation sites excluding steroid dienone is 2. The molecule has 3 aromatic rings. The molecular formula is C38H36N2NaO6S. The summed E-state index contributed by atoms with van der Waals surface area (Å²) >= 11 is 0. The number of Topliss-reactive ketones (excluding diaryl/α,β-unsaturated/α-hetero) is 1. The van der Waals surface area contributed by atoms with Crippen molar-refractivity contribution in [3.8, 4) is 11.3 Å². The van der Waals surface area contributed by atoms with Crippen molar-refractivity contribution < 1.29 is 27.0 Å². The summed E-state index contributed by atoms with van der Waals surface area (Å²) in [7, 11) is -4.85. The molecule has 0 bridgehead atoms. The SMILES string of the molecule is CC(N)(C(=O)c1ccc(CC(C(=O)N(c2ccccc2)c2ccc3cccc-3o2)c2ccc(C3=CCCCC3)cc2)cc1)S(=O)(=O)O.[Na]. The van der Waals surface area contributed by atoms with Gasteiger partial charge in [0, 0.05) is 46.8 Å². The van der Waals surface area contributed by atoms with Gasteiger partial charge < -0.3 is 10.2 Å². The third-order valence-corrected chi connectivity index (χ3v) is 10.1. The van der Waals surface area contributed by atoms with Crippen LogP contribution in [0.5, 0.6) is 0 Å². The number of carbonyl (C=O) groups excluding carboxylic acids is 2. The summed E-state index contributed by atoms with van der Waals surface area (Å²) in [5.74, 6) is -0.769. The van der Waals surface area contributed by atoms with Crippen molar-refractivity contribution in [2.75, 3.05) is 4.90 Å². The zero-order chi connectivity index (χ0) is 33.2. The number of nitrogens with two attached hydrogens (primary N) is 1. The van der Waals surface area contributed by atoms with E-state index in [1.807, 2.05) is 66.7 Å². The molecule has 1 radical (unpaired) electrons. The first-order chi connectivity index (χ1) is 22.5. The van der Waals surface area contributed by atoms with Crippen LogP contribution in [0.4, 0.5) is 11.6 Å².